The van der Waals surface area contributed by atoms with Crippen LogP contribution < -0.4 is 5.32 Å². The van der Waals surface area contributed by atoms with E-state index in [4.69, 9.17) is 0 Å². The van der Waals surface area contributed by atoms with E-state index in [1.165, 1.54) is 17.7 Å². The number of amides is 4. The molecule has 1 atom stereocenters. The van der Waals surface area contributed by atoms with Gasteiger partial charge in [-0.3, -0.25) is 19.8 Å². The normalized spacial score (nSPS) is 27.8. The smallest absolute Gasteiger partial charge is 0.277 e. The van der Waals surface area contributed by atoms with Crippen molar-refractivity contribution in [2.45, 2.75) is 45.4 Å². The van der Waals surface area contributed by atoms with Crippen LogP contribution in [0.4, 0.5) is 4.79 Å². The van der Waals surface area contributed by atoms with Crippen LogP contribution >= 0.6 is 0 Å². The van der Waals surface area contributed by atoms with Gasteiger partial charge in [0.2, 0.25) is 11.8 Å². The van der Waals surface area contributed by atoms with Crippen LogP contribution in [0.2, 0.25) is 0 Å². The highest BCUT2D eigenvalue weighted by molar-refractivity contribution is 6.19. The van der Waals surface area contributed by atoms with Gasteiger partial charge in [-0.05, 0) is 37.5 Å². The van der Waals surface area contributed by atoms with Crippen molar-refractivity contribution in [3.8, 4) is 0 Å². The molecule has 19 heavy (non-hydrogen) atoms. The number of rotatable bonds is 3. The van der Waals surface area contributed by atoms with E-state index < -0.39 is 11.4 Å². The zero-order valence-corrected chi connectivity index (χ0v) is 11.3. The van der Waals surface area contributed by atoms with Crippen LogP contribution in [0.25, 0.3) is 0 Å². The SMILES string of the molecule is CC(CN1C(=O)NC(=O)C2(CCCC2)C1=O)C1CC1. The Morgan fingerprint density at radius 1 is 1.26 bits per heavy atom. The molecule has 1 spiro atoms. The molecule has 0 aromatic rings. The minimum Gasteiger partial charge on any atom is -0.277 e. The molecule has 0 radical (unpaired) electrons. The van der Waals surface area contributed by atoms with Crippen LogP contribution in [0.1, 0.15) is 45.4 Å². The molecule has 4 amide bonds. The van der Waals surface area contributed by atoms with Crippen molar-refractivity contribution < 1.29 is 14.4 Å². The van der Waals surface area contributed by atoms with E-state index in [2.05, 4.69) is 12.2 Å². The fraction of sp³-hybridized carbons (Fsp3) is 0.786. The molecular formula is C14H20N2O3. The molecule has 3 fully saturated rings. The van der Waals surface area contributed by atoms with Gasteiger partial charge in [0.25, 0.3) is 0 Å². The Balaban J connectivity index is 1.80. The predicted octanol–water partition coefficient (Wildman–Crippen LogP) is 1.67. The largest absolute Gasteiger partial charge is 0.330 e. The molecule has 3 rings (SSSR count). The minimum absolute atomic E-state index is 0.258. The molecule has 2 aliphatic carbocycles. The highest BCUT2D eigenvalue weighted by Crippen LogP contribution is 2.43. The van der Waals surface area contributed by atoms with E-state index in [0.29, 0.717) is 31.2 Å². The van der Waals surface area contributed by atoms with Crippen molar-refractivity contribution in [1.82, 2.24) is 10.2 Å². The van der Waals surface area contributed by atoms with E-state index in [-0.39, 0.29) is 11.8 Å². The molecule has 1 N–H and O–H groups in total. The van der Waals surface area contributed by atoms with Crippen LogP contribution in [0.5, 0.6) is 0 Å². The lowest BCUT2D eigenvalue weighted by atomic mass is 9.82. The van der Waals surface area contributed by atoms with Crippen LogP contribution in [0, 0.1) is 17.3 Å². The summed E-state index contributed by atoms with van der Waals surface area (Å²) in [5.41, 5.74) is -0.947. The average molecular weight is 264 g/mol. The number of nitrogens with zero attached hydrogens (tertiary/aromatic N) is 1. The van der Waals surface area contributed by atoms with Gasteiger partial charge in [-0.25, -0.2) is 4.79 Å². The van der Waals surface area contributed by atoms with E-state index in [1.807, 2.05) is 0 Å². The molecule has 0 aromatic carbocycles. The van der Waals surface area contributed by atoms with Crippen LogP contribution in [0.15, 0.2) is 0 Å². The molecule has 1 saturated heterocycles. The van der Waals surface area contributed by atoms with Crippen LogP contribution in [-0.2, 0) is 9.59 Å². The van der Waals surface area contributed by atoms with E-state index in [9.17, 15) is 14.4 Å². The molecule has 2 saturated carbocycles. The lowest BCUT2D eigenvalue weighted by Crippen LogP contribution is -2.63. The second-order valence-electron chi connectivity index (χ2n) is 6.28. The molecule has 1 unspecified atom stereocenters. The van der Waals surface area contributed by atoms with Gasteiger partial charge in [0.05, 0.1) is 0 Å². The number of carbonyl (C=O) groups excluding carboxylic acids is 3. The first-order chi connectivity index (χ1) is 9.04. The Hall–Kier alpha value is -1.39. The predicted molar refractivity (Wildman–Crippen MR) is 68.0 cm³/mol. The van der Waals surface area contributed by atoms with Gasteiger partial charge in [0.1, 0.15) is 5.41 Å². The van der Waals surface area contributed by atoms with Gasteiger partial charge in [0.15, 0.2) is 0 Å². The number of hydrogen-bond acceptors (Lipinski definition) is 3. The van der Waals surface area contributed by atoms with Gasteiger partial charge in [-0.2, -0.15) is 0 Å². The molecular weight excluding hydrogens is 244 g/mol. The fourth-order valence-corrected chi connectivity index (χ4v) is 3.42. The first kappa shape index (κ1) is 12.6. The summed E-state index contributed by atoms with van der Waals surface area (Å²) in [5.74, 6) is 0.334. The van der Waals surface area contributed by atoms with Crippen molar-refractivity contribution in [3.05, 3.63) is 0 Å². The summed E-state index contributed by atoms with van der Waals surface area (Å²) in [6, 6.07) is -0.528. The molecule has 5 nitrogen and oxygen atoms in total. The lowest BCUT2D eigenvalue weighted by Gasteiger charge is -2.37. The Kier molecular flexibility index (Phi) is 2.87. The van der Waals surface area contributed by atoms with Gasteiger partial charge in [-0.1, -0.05) is 19.8 Å². The summed E-state index contributed by atoms with van der Waals surface area (Å²) in [4.78, 5) is 37.8. The molecule has 0 bridgehead atoms. The summed E-state index contributed by atoms with van der Waals surface area (Å²) in [6.45, 7) is 2.53. The van der Waals surface area contributed by atoms with E-state index >= 15 is 0 Å². The highest BCUT2D eigenvalue weighted by atomic mass is 16.2. The van der Waals surface area contributed by atoms with Gasteiger partial charge >= 0.3 is 6.03 Å². The molecule has 3 aliphatic rings. The van der Waals surface area contributed by atoms with Gasteiger partial charge in [0, 0.05) is 6.54 Å². The average Bonchev–Trinajstić information content (AvgIpc) is 3.11. The fourth-order valence-electron chi connectivity index (χ4n) is 3.42. The Bertz CT molecular complexity index is 436. The summed E-state index contributed by atoms with van der Waals surface area (Å²) in [7, 11) is 0. The van der Waals surface area contributed by atoms with Crippen molar-refractivity contribution in [2.75, 3.05) is 6.54 Å². The van der Waals surface area contributed by atoms with Crippen molar-refractivity contribution in [2.24, 2.45) is 17.3 Å². The minimum atomic E-state index is -0.947. The van der Waals surface area contributed by atoms with Gasteiger partial charge in [-0.15, -0.1) is 0 Å². The third-order valence-electron chi connectivity index (χ3n) is 4.91. The number of barbiturate groups is 1. The molecule has 1 aliphatic heterocycles. The lowest BCUT2D eigenvalue weighted by molar-refractivity contribution is -0.151. The quantitative estimate of drug-likeness (QED) is 0.788. The maximum Gasteiger partial charge on any atom is 0.330 e. The maximum atomic E-state index is 12.6. The standard InChI is InChI=1S/C14H20N2O3/c1-9(10-4-5-10)8-16-12(18)14(6-2-3-7-14)11(17)15-13(16)19/h9-10H,2-8H2,1H3,(H,15,17,19). The molecule has 0 aromatic heterocycles. The monoisotopic (exact) mass is 264 g/mol. The third-order valence-corrected chi connectivity index (χ3v) is 4.91. The van der Waals surface area contributed by atoms with Gasteiger partial charge < -0.3 is 0 Å². The first-order valence-corrected chi connectivity index (χ1v) is 7.22. The maximum absolute atomic E-state index is 12.6. The first-order valence-electron chi connectivity index (χ1n) is 7.22. The summed E-state index contributed by atoms with van der Waals surface area (Å²) >= 11 is 0. The second-order valence-corrected chi connectivity index (χ2v) is 6.28. The number of carbonyl (C=O) groups is 3. The van der Waals surface area contributed by atoms with Crippen molar-refractivity contribution in [1.29, 1.82) is 0 Å². The third kappa shape index (κ3) is 1.95. The van der Waals surface area contributed by atoms with Crippen molar-refractivity contribution >= 4 is 17.8 Å². The molecule has 5 heteroatoms. The van der Waals surface area contributed by atoms with Crippen molar-refractivity contribution in [3.63, 3.8) is 0 Å². The zero-order chi connectivity index (χ0) is 13.6. The summed E-state index contributed by atoms with van der Waals surface area (Å²) < 4.78 is 0. The number of urea groups is 1. The molecule has 1 heterocycles. The van der Waals surface area contributed by atoms with Crippen LogP contribution in [0.3, 0.4) is 0 Å². The summed E-state index contributed by atoms with van der Waals surface area (Å²) in [6.07, 6.45) is 5.32. The number of hydrogen-bond donors (Lipinski definition) is 1. The second kappa shape index (κ2) is 4.32. The molecule has 104 valence electrons. The number of nitrogens with one attached hydrogen (secondary N) is 1. The van der Waals surface area contributed by atoms with Crippen LogP contribution in [-0.4, -0.2) is 29.3 Å². The number of imide groups is 2. The summed E-state index contributed by atoms with van der Waals surface area (Å²) in [5, 5.41) is 2.38. The zero-order valence-electron chi connectivity index (χ0n) is 11.3. The van der Waals surface area contributed by atoms with E-state index in [0.717, 1.165) is 12.8 Å². The van der Waals surface area contributed by atoms with E-state index in [1.54, 1.807) is 0 Å². The Labute approximate surface area is 112 Å². The highest BCUT2D eigenvalue weighted by Gasteiger charge is 2.55. The Morgan fingerprint density at radius 3 is 2.47 bits per heavy atom. The Morgan fingerprint density at radius 2 is 1.89 bits per heavy atom. The topological polar surface area (TPSA) is 66.5 Å².